The van der Waals surface area contributed by atoms with Crippen LogP contribution in [0.5, 0.6) is 0 Å². The van der Waals surface area contributed by atoms with Gasteiger partial charge in [-0.15, -0.1) is 0 Å². The predicted octanol–water partition coefficient (Wildman–Crippen LogP) is 4.07. The van der Waals surface area contributed by atoms with Gasteiger partial charge in [-0.2, -0.15) is 0 Å². The first kappa shape index (κ1) is 21.5. The molecule has 1 aliphatic heterocycles. The maximum atomic E-state index is 14.9. The number of aryl methyl sites for hydroxylation is 1. The Morgan fingerprint density at radius 2 is 1.94 bits per heavy atom. The van der Waals surface area contributed by atoms with E-state index in [0.717, 1.165) is 5.56 Å². The van der Waals surface area contributed by atoms with E-state index in [-0.39, 0.29) is 33.3 Å². The van der Waals surface area contributed by atoms with Crippen molar-refractivity contribution in [3.63, 3.8) is 0 Å². The minimum atomic E-state index is -0.548. The number of hydrogen-bond donors (Lipinski definition) is 0. The van der Waals surface area contributed by atoms with E-state index < -0.39 is 5.82 Å². The minimum Gasteiger partial charge on any atom is -0.370 e. The SMILES string of the molecule is Cc1nc2cc(N3CCO[C@@H](c4ccncc4)C3)nc(-c3ccc(Cl)cc3F)c2c(=O)n1C. The largest absolute Gasteiger partial charge is 0.370 e. The van der Waals surface area contributed by atoms with Crippen molar-refractivity contribution in [1.29, 1.82) is 0 Å². The lowest BCUT2D eigenvalue weighted by atomic mass is 10.1. The van der Waals surface area contributed by atoms with Crippen molar-refractivity contribution in [3.05, 3.63) is 81.4 Å². The second-order valence-corrected chi connectivity index (χ2v) is 8.39. The third-order valence-electron chi connectivity index (χ3n) is 5.93. The molecule has 1 atom stereocenters. The molecule has 0 amide bonds. The van der Waals surface area contributed by atoms with E-state index in [4.69, 9.17) is 21.3 Å². The molecule has 0 N–H and O–H groups in total. The number of halogens is 2. The van der Waals surface area contributed by atoms with E-state index in [1.165, 1.54) is 10.6 Å². The van der Waals surface area contributed by atoms with Gasteiger partial charge in [-0.25, -0.2) is 14.4 Å². The lowest BCUT2D eigenvalue weighted by Crippen LogP contribution is -2.39. The highest BCUT2D eigenvalue weighted by Gasteiger charge is 2.25. The van der Waals surface area contributed by atoms with Gasteiger partial charge in [-0.1, -0.05) is 11.6 Å². The Hall–Kier alpha value is -3.36. The third kappa shape index (κ3) is 3.96. The Balaban J connectivity index is 1.67. The van der Waals surface area contributed by atoms with Gasteiger partial charge in [0.2, 0.25) is 0 Å². The van der Waals surface area contributed by atoms with E-state index in [9.17, 15) is 9.18 Å². The summed E-state index contributed by atoms with van der Waals surface area (Å²) in [7, 11) is 1.64. The van der Waals surface area contributed by atoms with Crippen LogP contribution in [0, 0.1) is 12.7 Å². The molecule has 1 saturated heterocycles. The van der Waals surface area contributed by atoms with Crippen molar-refractivity contribution in [2.24, 2.45) is 7.05 Å². The number of hydrogen-bond acceptors (Lipinski definition) is 6. The molecule has 0 spiro atoms. The zero-order valence-electron chi connectivity index (χ0n) is 18.1. The number of aromatic nitrogens is 4. The Morgan fingerprint density at radius 1 is 1.15 bits per heavy atom. The monoisotopic (exact) mass is 465 g/mol. The Bertz CT molecular complexity index is 1410. The van der Waals surface area contributed by atoms with Gasteiger partial charge in [-0.3, -0.25) is 14.3 Å². The molecule has 7 nitrogen and oxygen atoms in total. The minimum absolute atomic E-state index is 0.159. The van der Waals surface area contributed by atoms with E-state index in [0.29, 0.717) is 36.9 Å². The second-order valence-electron chi connectivity index (χ2n) is 7.96. The Morgan fingerprint density at radius 3 is 2.70 bits per heavy atom. The number of morpholine rings is 1. The normalized spacial score (nSPS) is 16.4. The first-order chi connectivity index (χ1) is 15.9. The number of fused-ring (bicyclic) bond motifs is 1. The molecular formula is C24H21ClFN5O2. The van der Waals surface area contributed by atoms with Gasteiger partial charge in [0.25, 0.3) is 5.56 Å². The molecule has 1 aromatic carbocycles. The van der Waals surface area contributed by atoms with Gasteiger partial charge < -0.3 is 9.64 Å². The number of pyridine rings is 2. The molecule has 3 aromatic heterocycles. The lowest BCUT2D eigenvalue weighted by Gasteiger charge is -2.34. The van der Waals surface area contributed by atoms with Crippen LogP contribution in [0.3, 0.4) is 0 Å². The van der Waals surface area contributed by atoms with Crippen molar-refractivity contribution >= 4 is 28.3 Å². The van der Waals surface area contributed by atoms with Crippen molar-refractivity contribution in [3.8, 4) is 11.3 Å². The zero-order chi connectivity index (χ0) is 23.1. The standard InChI is InChI=1S/C24H21ClFN5O2/c1-14-28-19-12-21(31-9-10-33-20(13-31)15-5-7-27-8-6-15)29-23(22(19)24(32)30(14)2)17-4-3-16(25)11-18(17)26/h3-8,11-12,20H,9-10,13H2,1-2H3/t20-/m1/s1. The van der Waals surface area contributed by atoms with Crippen LogP contribution in [0.4, 0.5) is 10.2 Å². The molecular weight excluding hydrogens is 445 g/mol. The van der Waals surface area contributed by atoms with Crippen molar-refractivity contribution in [2.45, 2.75) is 13.0 Å². The molecule has 0 saturated carbocycles. The van der Waals surface area contributed by atoms with Crippen LogP contribution in [-0.2, 0) is 11.8 Å². The summed E-state index contributed by atoms with van der Waals surface area (Å²) in [6, 6.07) is 9.98. The van der Waals surface area contributed by atoms with Crippen LogP contribution in [0.25, 0.3) is 22.2 Å². The highest BCUT2D eigenvalue weighted by molar-refractivity contribution is 6.30. The summed E-state index contributed by atoms with van der Waals surface area (Å²) in [5.74, 6) is 0.617. The van der Waals surface area contributed by atoms with Crippen molar-refractivity contribution in [1.82, 2.24) is 19.5 Å². The van der Waals surface area contributed by atoms with Gasteiger partial charge in [0, 0.05) is 49.2 Å². The molecule has 33 heavy (non-hydrogen) atoms. The Kier molecular flexibility index (Phi) is 5.55. The molecule has 0 aliphatic carbocycles. The molecule has 4 aromatic rings. The zero-order valence-corrected chi connectivity index (χ0v) is 18.9. The molecule has 168 valence electrons. The number of ether oxygens (including phenoxy) is 1. The van der Waals surface area contributed by atoms with Gasteiger partial charge in [0.05, 0.1) is 23.2 Å². The number of nitrogens with zero attached hydrogens (tertiary/aromatic N) is 5. The number of benzene rings is 1. The molecule has 4 heterocycles. The van der Waals surface area contributed by atoms with Crippen LogP contribution in [0.15, 0.2) is 53.6 Å². The van der Waals surface area contributed by atoms with E-state index in [1.807, 2.05) is 12.1 Å². The topological polar surface area (TPSA) is 73.1 Å². The quantitative estimate of drug-likeness (QED) is 0.454. The number of anilines is 1. The van der Waals surface area contributed by atoms with Crippen LogP contribution >= 0.6 is 11.6 Å². The smallest absolute Gasteiger partial charge is 0.263 e. The second kappa shape index (κ2) is 8.53. The average molecular weight is 466 g/mol. The molecule has 5 rings (SSSR count). The maximum Gasteiger partial charge on any atom is 0.263 e. The summed E-state index contributed by atoms with van der Waals surface area (Å²) in [6.07, 6.45) is 3.30. The maximum absolute atomic E-state index is 14.9. The summed E-state index contributed by atoms with van der Waals surface area (Å²) in [5, 5.41) is 0.541. The molecule has 1 fully saturated rings. The number of rotatable bonds is 3. The Labute approximate surface area is 194 Å². The van der Waals surface area contributed by atoms with Gasteiger partial charge in [0.1, 0.15) is 23.6 Å². The van der Waals surface area contributed by atoms with E-state index in [1.54, 1.807) is 44.6 Å². The van der Waals surface area contributed by atoms with E-state index >= 15 is 0 Å². The van der Waals surface area contributed by atoms with Crippen LogP contribution in [-0.4, -0.2) is 39.2 Å². The summed E-state index contributed by atoms with van der Waals surface area (Å²) in [6.45, 7) is 3.42. The summed E-state index contributed by atoms with van der Waals surface area (Å²) < 4.78 is 22.3. The van der Waals surface area contributed by atoms with Crippen LogP contribution < -0.4 is 10.5 Å². The predicted molar refractivity (Wildman–Crippen MR) is 125 cm³/mol. The van der Waals surface area contributed by atoms with Crippen molar-refractivity contribution < 1.29 is 9.13 Å². The van der Waals surface area contributed by atoms with Gasteiger partial charge in [-0.05, 0) is 42.8 Å². The molecule has 0 unspecified atom stereocenters. The lowest BCUT2D eigenvalue weighted by molar-refractivity contribution is 0.0395. The first-order valence-electron chi connectivity index (χ1n) is 10.5. The van der Waals surface area contributed by atoms with Crippen molar-refractivity contribution in [2.75, 3.05) is 24.6 Å². The molecule has 1 aliphatic rings. The highest BCUT2D eigenvalue weighted by Crippen LogP contribution is 2.32. The average Bonchev–Trinajstić information content (AvgIpc) is 2.82. The van der Waals surface area contributed by atoms with Crippen LogP contribution in [0.1, 0.15) is 17.5 Å². The highest BCUT2D eigenvalue weighted by atomic mass is 35.5. The van der Waals surface area contributed by atoms with E-state index in [2.05, 4.69) is 14.9 Å². The molecule has 0 radical (unpaired) electrons. The van der Waals surface area contributed by atoms with Gasteiger partial charge >= 0.3 is 0 Å². The fraction of sp³-hybridized carbons (Fsp3) is 0.250. The van der Waals surface area contributed by atoms with Gasteiger partial charge in [0.15, 0.2) is 0 Å². The molecule has 0 bridgehead atoms. The fourth-order valence-corrected chi connectivity index (χ4v) is 4.22. The first-order valence-corrected chi connectivity index (χ1v) is 10.9. The fourth-order valence-electron chi connectivity index (χ4n) is 4.06. The molecule has 9 heteroatoms. The summed E-state index contributed by atoms with van der Waals surface area (Å²) >= 11 is 5.96. The summed E-state index contributed by atoms with van der Waals surface area (Å²) in [5.41, 5.74) is 1.65. The third-order valence-corrected chi connectivity index (χ3v) is 6.16. The van der Waals surface area contributed by atoms with Crippen LogP contribution in [0.2, 0.25) is 5.02 Å². The summed E-state index contributed by atoms with van der Waals surface area (Å²) in [4.78, 5) is 28.7.